The molecule has 5 nitrogen and oxygen atoms in total. The van der Waals surface area contributed by atoms with Crippen LogP contribution in [-0.4, -0.2) is 54.4 Å². The van der Waals surface area contributed by atoms with Crippen molar-refractivity contribution in [1.82, 2.24) is 15.5 Å². The van der Waals surface area contributed by atoms with Gasteiger partial charge in [0.15, 0.2) is 0 Å². The second-order valence-corrected chi connectivity index (χ2v) is 6.82. The fourth-order valence-electron chi connectivity index (χ4n) is 3.52. The molecule has 22 heavy (non-hydrogen) atoms. The van der Waals surface area contributed by atoms with Crippen LogP contribution in [0.25, 0.3) is 0 Å². The predicted octanol–water partition coefficient (Wildman–Crippen LogP) is 2.25. The van der Waals surface area contributed by atoms with Gasteiger partial charge in [-0.25, -0.2) is 4.79 Å². The average molecular weight is 311 g/mol. The van der Waals surface area contributed by atoms with Gasteiger partial charge in [0.05, 0.1) is 12.1 Å². The highest BCUT2D eigenvalue weighted by atomic mass is 16.3. The highest BCUT2D eigenvalue weighted by Gasteiger charge is 2.24. The fraction of sp³-hybridized carbons (Fsp3) is 0.941. The second-order valence-electron chi connectivity index (χ2n) is 6.82. The topological polar surface area (TPSA) is 64.6 Å². The minimum atomic E-state index is -0.371. The van der Waals surface area contributed by atoms with Crippen LogP contribution in [0, 0.1) is 0 Å². The van der Waals surface area contributed by atoms with Crippen molar-refractivity contribution in [3.8, 4) is 0 Å². The Morgan fingerprint density at radius 3 is 2.55 bits per heavy atom. The van der Waals surface area contributed by atoms with Crippen LogP contribution in [0.4, 0.5) is 4.79 Å². The summed E-state index contributed by atoms with van der Waals surface area (Å²) in [6, 6.07) is -0.185. The van der Waals surface area contributed by atoms with E-state index in [1.165, 1.54) is 51.7 Å². The van der Waals surface area contributed by atoms with E-state index in [9.17, 15) is 9.90 Å². The van der Waals surface area contributed by atoms with Crippen molar-refractivity contribution >= 4 is 6.03 Å². The number of carbonyl (C=O) groups excluding carboxylic acids is 1. The number of amides is 2. The summed E-state index contributed by atoms with van der Waals surface area (Å²) in [6.45, 7) is 4.48. The number of likely N-dealkylation sites (tertiary alicyclic amines) is 1. The van der Waals surface area contributed by atoms with Gasteiger partial charge in [-0.3, -0.25) is 0 Å². The Labute approximate surface area is 134 Å². The van der Waals surface area contributed by atoms with Gasteiger partial charge in [-0.1, -0.05) is 25.7 Å². The first-order chi connectivity index (χ1) is 10.8. The summed E-state index contributed by atoms with van der Waals surface area (Å²) in [5.74, 6) is 0. The number of nitrogens with zero attached hydrogens (tertiary/aromatic N) is 1. The molecule has 0 aromatic heterocycles. The van der Waals surface area contributed by atoms with Crippen LogP contribution in [0.3, 0.4) is 0 Å². The van der Waals surface area contributed by atoms with Gasteiger partial charge in [-0.15, -0.1) is 0 Å². The van der Waals surface area contributed by atoms with E-state index >= 15 is 0 Å². The van der Waals surface area contributed by atoms with Gasteiger partial charge < -0.3 is 20.6 Å². The monoisotopic (exact) mass is 311 g/mol. The molecule has 2 rings (SSSR count). The Balaban J connectivity index is 1.45. The lowest BCUT2D eigenvalue weighted by Gasteiger charge is -2.28. The fourth-order valence-corrected chi connectivity index (χ4v) is 3.52. The molecule has 1 aliphatic heterocycles. The van der Waals surface area contributed by atoms with E-state index < -0.39 is 0 Å². The standard InChI is InChI=1S/C17H33N3O2/c21-16-10-4-3-9-15(16)19-17(22)18-11-5-1-6-12-20-13-7-2-8-14-20/h15-16,21H,1-14H2,(H2,18,19,22). The zero-order valence-electron chi connectivity index (χ0n) is 13.9. The number of rotatable bonds is 7. The van der Waals surface area contributed by atoms with Crippen molar-refractivity contribution in [2.75, 3.05) is 26.2 Å². The number of hydrogen-bond acceptors (Lipinski definition) is 3. The molecule has 1 saturated carbocycles. The number of aliphatic hydroxyl groups excluding tert-OH is 1. The van der Waals surface area contributed by atoms with Crippen molar-refractivity contribution in [3.63, 3.8) is 0 Å². The average Bonchev–Trinajstić information content (AvgIpc) is 2.54. The van der Waals surface area contributed by atoms with E-state index in [1.54, 1.807) is 0 Å². The maximum Gasteiger partial charge on any atom is 0.315 e. The molecule has 5 heteroatoms. The Morgan fingerprint density at radius 2 is 1.77 bits per heavy atom. The molecule has 1 saturated heterocycles. The zero-order valence-corrected chi connectivity index (χ0v) is 13.9. The van der Waals surface area contributed by atoms with Crippen LogP contribution < -0.4 is 10.6 Å². The first-order valence-corrected chi connectivity index (χ1v) is 9.20. The molecule has 1 heterocycles. The lowest BCUT2D eigenvalue weighted by atomic mass is 9.93. The van der Waals surface area contributed by atoms with Crippen molar-refractivity contribution in [2.24, 2.45) is 0 Å². The van der Waals surface area contributed by atoms with E-state index in [-0.39, 0.29) is 18.2 Å². The van der Waals surface area contributed by atoms with Crippen LogP contribution in [0.15, 0.2) is 0 Å². The Morgan fingerprint density at radius 1 is 1.00 bits per heavy atom. The smallest absolute Gasteiger partial charge is 0.315 e. The third-order valence-corrected chi connectivity index (χ3v) is 4.93. The van der Waals surface area contributed by atoms with Crippen molar-refractivity contribution in [1.29, 1.82) is 0 Å². The lowest BCUT2D eigenvalue weighted by molar-refractivity contribution is 0.0943. The van der Waals surface area contributed by atoms with E-state index in [0.29, 0.717) is 0 Å². The summed E-state index contributed by atoms with van der Waals surface area (Å²) in [6.07, 6.45) is 11.0. The maximum atomic E-state index is 11.8. The number of aliphatic hydroxyl groups is 1. The van der Waals surface area contributed by atoms with Gasteiger partial charge in [0.1, 0.15) is 0 Å². The molecule has 2 amide bonds. The maximum absolute atomic E-state index is 11.8. The Bertz CT molecular complexity index is 319. The highest BCUT2D eigenvalue weighted by Crippen LogP contribution is 2.18. The number of hydrogen-bond donors (Lipinski definition) is 3. The minimum absolute atomic E-state index is 0.0622. The summed E-state index contributed by atoms with van der Waals surface area (Å²) in [4.78, 5) is 14.4. The minimum Gasteiger partial charge on any atom is -0.391 e. The van der Waals surface area contributed by atoms with E-state index in [2.05, 4.69) is 15.5 Å². The summed E-state index contributed by atoms with van der Waals surface area (Å²) < 4.78 is 0. The largest absolute Gasteiger partial charge is 0.391 e. The van der Waals surface area contributed by atoms with Crippen molar-refractivity contribution in [2.45, 2.75) is 76.4 Å². The van der Waals surface area contributed by atoms with Crippen LogP contribution >= 0.6 is 0 Å². The Hall–Kier alpha value is -0.810. The SMILES string of the molecule is O=C(NCCCCCN1CCCCC1)NC1CCCCC1O. The Kier molecular flexibility index (Phi) is 8.02. The quantitative estimate of drug-likeness (QED) is 0.632. The molecule has 2 aliphatic rings. The molecule has 2 atom stereocenters. The van der Waals surface area contributed by atoms with Gasteiger partial charge in [0, 0.05) is 6.54 Å². The van der Waals surface area contributed by atoms with Crippen LogP contribution in [0.1, 0.15) is 64.2 Å². The molecule has 2 fully saturated rings. The van der Waals surface area contributed by atoms with Crippen LogP contribution in [0.2, 0.25) is 0 Å². The number of carbonyl (C=O) groups is 1. The van der Waals surface area contributed by atoms with E-state index in [4.69, 9.17) is 0 Å². The third-order valence-electron chi connectivity index (χ3n) is 4.93. The second kappa shape index (κ2) is 10.1. The molecular weight excluding hydrogens is 278 g/mol. The van der Waals surface area contributed by atoms with Crippen LogP contribution in [0.5, 0.6) is 0 Å². The van der Waals surface area contributed by atoms with Gasteiger partial charge in [0.2, 0.25) is 0 Å². The number of unbranched alkanes of at least 4 members (excludes halogenated alkanes) is 2. The first kappa shape index (κ1) is 17.5. The molecule has 0 aromatic carbocycles. The molecule has 0 spiro atoms. The van der Waals surface area contributed by atoms with Crippen LogP contribution in [-0.2, 0) is 0 Å². The highest BCUT2D eigenvalue weighted by molar-refractivity contribution is 5.74. The zero-order chi connectivity index (χ0) is 15.6. The van der Waals surface area contributed by atoms with E-state index in [1.807, 2.05) is 0 Å². The molecular formula is C17H33N3O2. The third kappa shape index (κ3) is 6.53. The normalized spacial score (nSPS) is 26.6. The van der Waals surface area contributed by atoms with Gasteiger partial charge >= 0.3 is 6.03 Å². The van der Waals surface area contributed by atoms with Gasteiger partial charge in [-0.05, 0) is 58.2 Å². The summed E-state index contributed by atoms with van der Waals surface area (Å²) in [7, 11) is 0. The van der Waals surface area contributed by atoms with Crippen molar-refractivity contribution < 1.29 is 9.90 Å². The van der Waals surface area contributed by atoms with Gasteiger partial charge in [0.25, 0.3) is 0 Å². The molecule has 3 N–H and O–H groups in total. The number of nitrogens with one attached hydrogen (secondary N) is 2. The molecule has 0 radical (unpaired) electrons. The summed E-state index contributed by atoms with van der Waals surface area (Å²) >= 11 is 0. The molecule has 1 aliphatic carbocycles. The summed E-state index contributed by atoms with van der Waals surface area (Å²) in [5, 5.41) is 15.7. The summed E-state index contributed by atoms with van der Waals surface area (Å²) in [5.41, 5.74) is 0. The van der Waals surface area contributed by atoms with Gasteiger partial charge in [-0.2, -0.15) is 0 Å². The number of piperidine rings is 1. The number of urea groups is 1. The first-order valence-electron chi connectivity index (χ1n) is 9.20. The molecule has 128 valence electrons. The van der Waals surface area contributed by atoms with Crippen molar-refractivity contribution in [3.05, 3.63) is 0 Å². The molecule has 0 aromatic rings. The predicted molar refractivity (Wildman–Crippen MR) is 88.9 cm³/mol. The molecule has 2 unspecified atom stereocenters. The molecule has 0 bridgehead atoms. The van der Waals surface area contributed by atoms with E-state index in [0.717, 1.165) is 38.6 Å². The lowest BCUT2D eigenvalue weighted by Crippen LogP contribution is -2.49.